The number of hydrogen-bond acceptors (Lipinski definition) is 3. The average molecular weight is 241 g/mol. The second kappa shape index (κ2) is 8.34. The van der Waals surface area contributed by atoms with Crippen LogP contribution in [0.2, 0.25) is 0 Å². The minimum absolute atomic E-state index is 0.353. The van der Waals surface area contributed by atoms with Gasteiger partial charge in [-0.2, -0.15) is 0 Å². The summed E-state index contributed by atoms with van der Waals surface area (Å²) in [6.45, 7) is 4.55. The van der Waals surface area contributed by atoms with Gasteiger partial charge in [0.15, 0.2) is 0 Å². The highest BCUT2D eigenvalue weighted by molar-refractivity contribution is 5.79. The van der Waals surface area contributed by atoms with Crippen LogP contribution >= 0.6 is 0 Å². The Hall–Kier alpha value is -0.770. The van der Waals surface area contributed by atoms with Crippen LogP contribution in [0.5, 0.6) is 0 Å². The molecular formula is C13H27N3O. The number of hydrogen-bond donors (Lipinski definition) is 2. The molecule has 1 rings (SSSR count). The van der Waals surface area contributed by atoms with Gasteiger partial charge < -0.3 is 15.8 Å². The Morgan fingerprint density at radius 2 is 2.00 bits per heavy atom. The van der Waals surface area contributed by atoms with Crippen LogP contribution in [-0.4, -0.2) is 35.1 Å². The highest BCUT2D eigenvalue weighted by Gasteiger charge is 2.18. The summed E-state index contributed by atoms with van der Waals surface area (Å²) >= 11 is 0. The molecule has 17 heavy (non-hydrogen) atoms. The maximum absolute atomic E-state index is 8.45. The van der Waals surface area contributed by atoms with Crippen molar-refractivity contribution in [3.8, 4) is 0 Å². The third-order valence-electron chi connectivity index (χ3n) is 3.75. The Bertz CT molecular complexity index is 225. The SMILES string of the molecule is CCN(CCCC/C(N)=N/O)C1CCCCC1. The van der Waals surface area contributed by atoms with Gasteiger partial charge in [0.2, 0.25) is 0 Å². The van der Waals surface area contributed by atoms with Gasteiger partial charge in [-0.1, -0.05) is 31.3 Å². The van der Waals surface area contributed by atoms with Gasteiger partial charge >= 0.3 is 0 Å². The van der Waals surface area contributed by atoms with E-state index in [9.17, 15) is 0 Å². The Kier molecular flexibility index (Phi) is 7.01. The molecule has 0 saturated heterocycles. The monoisotopic (exact) mass is 241 g/mol. The first-order chi connectivity index (χ1) is 8.27. The van der Waals surface area contributed by atoms with E-state index in [4.69, 9.17) is 10.9 Å². The molecule has 0 radical (unpaired) electrons. The van der Waals surface area contributed by atoms with Crippen molar-refractivity contribution >= 4 is 5.84 Å². The molecule has 0 atom stereocenters. The van der Waals surface area contributed by atoms with Gasteiger partial charge in [0, 0.05) is 12.5 Å². The van der Waals surface area contributed by atoms with Gasteiger partial charge in [-0.05, 0) is 38.8 Å². The van der Waals surface area contributed by atoms with Crippen molar-refractivity contribution in [1.29, 1.82) is 0 Å². The fraction of sp³-hybridized carbons (Fsp3) is 0.923. The Balaban J connectivity index is 2.17. The topological polar surface area (TPSA) is 61.8 Å². The standard InChI is InChI=1S/C13H27N3O/c1-2-16(12-8-4-3-5-9-12)11-7-6-10-13(14)15-17/h12,17H,2-11H2,1H3,(H2,14,15). The maximum atomic E-state index is 8.45. The van der Waals surface area contributed by atoms with E-state index in [1.807, 2.05) is 0 Å². The van der Waals surface area contributed by atoms with E-state index in [2.05, 4.69) is 17.0 Å². The van der Waals surface area contributed by atoms with Crippen LogP contribution in [0.3, 0.4) is 0 Å². The van der Waals surface area contributed by atoms with Crippen LogP contribution < -0.4 is 5.73 Å². The lowest BCUT2D eigenvalue weighted by Gasteiger charge is -2.33. The van der Waals surface area contributed by atoms with Crippen LogP contribution in [0.15, 0.2) is 5.16 Å². The van der Waals surface area contributed by atoms with Gasteiger partial charge in [0.1, 0.15) is 5.84 Å². The van der Waals surface area contributed by atoms with Crippen LogP contribution in [0.25, 0.3) is 0 Å². The third kappa shape index (κ3) is 5.39. The fourth-order valence-corrected chi connectivity index (χ4v) is 2.72. The molecule has 1 aliphatic rings. The Morgan fingerprint density at radius 1 is 1.29 bits per heavy atom. The second-order valence-electron chi connectivity index (χ2n) is 4.97. The highest BCUT2D eigenvalue weighted by atomic mass is 16.4. The van der Waals surface area contributed by atoms with Crippen LogP contribution in [0.4, 0.5) is 0 Å². The van der Waals surface area contributed by atoms with E-state index in [1.165, 1.54) is 32.1 Å². The molecule has 0 aromatic carbocycles. The second-order valence-corrected chi connectivity index (χ2v) is 4.97. The lowest BCUT2D eigenvalue weighted by Crippen LogP contribution is -2.37. The molecule has 0 bridgehead atoms. The molecule has 100 valence electrons. The van der Waals surface area contributed by atoms with Crippen LogP contribution in [-0.2, 0) is 0 Å². The molecule has 3 N–H and O–H groups in total. The van der Waals surface area contributed by atoms with Gasteiger partial charge in [-0.15, -0.1) is 0 Å². The summed E-state index contributed by atoms with van der Waals surface area (Å²) in [5.74, 6) is 0.353. The molecule has 0 aromatic heterocycles. The van der Waals surface area contributed by atoms with E-state index < -0.39 is 0 Å². The summed E-state index contributed by atoms with van der Waals surface area (Å²) < 4.78 is 0. The average Bonchev–Trinajstić information content (AvgIpc) is 2.39. The van der Waals surface area contributed by atoms with Crippen molar-refractivity contribution in [3.63, 3.8) is 0 Å². The van der Waals surface area contributed by atoms with E-state index >= 15 is 0 Å². The minimum Gasteiger partial charge on any atom is -0.409 e. The first-order valence-corrected chi connectivity index (χ1v) is 6.98. The lowest BCUT2D eigenvalue weighted by atomic mass is 9.94. The zero-order valence-electron chi connectivity index (χ0n) is 11.1. The molecule has 0 unspecified atom stereocenters. The first kappa shape index (κ1) is 14.3. The minimum atomic E-state index is 0.353. The smallest absolute Gasteiger partial charge is 0.139 e. The molecule has 0 amide bonds. The van der Waals surface area contributed by atoms with Crippen molar-refractivity contribution < 1.29 is 5.21 Å². The molecular weight excluding hydrogens is 214 g/mol. The van der Waals surface area contributed by atoms with Gasteiger partial charge in [-0.3, -0.25) is 0 Å². The van der Waals surface area contributed by atoms with Crippen molar-refractivity contribution in [2.45, 2.75) is 64.3 Å². The van der Waals surface area contributed by atoms with Crippen molar-refractivity contribution in [3.05, 3.63) is 0 Å². The predicted molar refractivity (Wildman–Crippen MR) is 71.4 cm³/mol. The molecule has 1 aliphatic carbocycles. The summed E-state index contributed by atoms with van der Waals surface area (Å²) in [6, 6.07) is 0.803. The Labute approximate surface area is 105 Å². The van der Waals surface area contributed by atoms with Crippen LogP contribution in [0, 0.1) is 0 Å². The van der Waals surface area contributed by atoms with Crippen LogP contribution in [0.1, 0.15) is 58.3 Å². The van der Waals surface area contributed by atoms with Gasteiger partial charge in [0.25, 0.3) is 0 Å². The first-order valence-electron chi connectivity index (χ1n) is 6.98. The van der Waals surface area contributed by atoms with E-state index in [0.717, 1.165) is 32.0 Å². The lowest BCUT2D eigenvalue weighted by molar-refractivity contribution is 0.161. The summed E-state index contributed by atoms with van der Waals surface area (Å²) in [6.07, 6.45) is 9.80. The van der Waals surface area contributed by atoms with E-state index in [-0.39, 0.29) is 0 Å². The number of amidine groups is 1. The molecule has 0 heterocycles. The zero-order valence-corrected chi connectivity index (χ0v) is 11.1. The molecule has 1 fully saturated rings. The number of nitrogens with two attached hydrogens (primary N) is 1. The van der Waals surface area contributed by atoms with E-state index in [0.29, 0.717) is 12.3 Å². The van der Waals surface area contributed by atoms with Gasteiger partial charge in [-0.25, -0.2) is 0 Å². The normalized spacial score (nSPS) is 18.8. The van der Waals surface area contributed by atoms with Crippen molar-refractivity contribution in [2.24, 2.45) is 10.9 Å². The molecule has 0 aliphatic heterocycles. The maximum Gasteiger partial charge on any atom is 0.139 e. The highest BCUT2D eigenvalue weighted by Crippen LogP contribution is 2.22. The third-order valence-corrected chi connectivity index (χ3v) is 3.75. The molecule has 1 saturated carbocycles. The predicted octanol–water partition coefficient (Wildman–Crippen LogP) is 2.56. The molecule has 4 heteroatoms. The quantitative estimate of drug-likeness (QED) is 0.237. The number of rotatable bonds is 7. The molecule has 0 spiro atoms. The van der Waals surface area contributed by atoms with Crippen molar-refractivity contribution in [1.82, 2.24) is 4.90 Å². The van der Waals surface area contributed by atoms with Crippen molar-refractivity contribution in [2.75, 3.05) is 13.1 Å². The summed E-state index contributed by atoms with van der Waals surface area (Å²) in [5.41, 5.74) is 5.45. The molecule has 4 nitrogen and oxygen atoms in total. The fourth-order valence-electron chi connectivity index (χ4n) is 2.72. The van der Waals surface area contributed by atoms with Gasteiger partial charge in [0.05, 0.1) is 0 Å². The number of unbranched alkanes of at least 4 members (excludes halogenated alkanes) is 1. The zero-order chi connectivity index (χ0) is 12.5. The Morgan fingerprint density at radius 3 is 2.59 bits per heavy atom. The number of oxime groups is 1. The largest absolute Gasteiger partial charge is 0.409 e. The summed E-state index contributed by atoms with van der Waals surface area (Å²) in [4.78, 5) is 2.60. The molecule has 0 aromatic rings. The van der Waals surface area contributed by atoms with E-state index in [1.54, 1.807) is 0 Å². The summed E-state index contributed by atoms with van der Waals surface area (Å²) in [7, 11) is 0. The summed E-state index contributed by atoms with van der Waals surface area (Å²) in [5, 5.41) is 11.4. The number of nitrogens with zero attached hydrogens (tertiary/aromatic N) is 2.